The van der Waals surface area contributed by atoms with E-state index < -0.39 is 10.0 Å². The second-order valence-corrected chi connectivity index (χ2v) is 8.50. The van der Waals surface area contributed by atoms with Crippen LogP contribution in [0.5, 0.6) is 0 Å². The van der Waals surface area contributed by atoms with Crippen LogP contribution in [0.15, 0.2) is 71.8 Å². The maximum Gasteiger partial charge on any atom is 0.244 e. The molecule has 0 bridgehead atoms. The molecule has 0 amide bonds. The highest BCUT2D eigenvalue weighted by atomic mass is 32.2. The van der Waals surface area contributed by atoms with Crippen LogP contribution in [0.2, 0.25) is 0 Å². The van der Waals surface area contributed by atoms with Crippen molar-refractivity contribution in [3.8, 4) is 11.3 Å². The summed E-state index contributed by atoms with van der Waals surface area (Å²) in [5.41, 5.74) is 2.48. The molecule has 1 N–H and O–H groups in total. The van der Waals surface area contributed by atoms with Crippen molar-refractivity contribution in [3.05, 3.63) is 72.4 Å². The van der Waals surface area contributed by atoms with Gasteiger partial charge in [0.1, 0.15) is 10.6 Å². The van der Waals surface area contributed by atoms with Crippen molar-refractivity contribution in [2.45, 2.75) is 37.6 Å². The molecule has 3 rings (SSSR count). The van der Waals surface area contributed by atoms with Gasteiger partial charge in [-0.15, -0.1) is 0 Å². The molecule has 142 valence electrons. The number of rotatable bonds is 8. The van der Waals surface area contributed by atoms with E-state index in [0.29, 0.717) is 12.2 Å². The van der Waals surface area contributed by atoms with Gasteiger partial charge < -0.3 is 0 Å². The fourth-order valence-corrected chi connectivity index (χ4v) is 4.08. The largest absolute Gasteiger partial charge is 0.268 e. The molecule has 0 unspecified atom stereocenters. The highest BCUT2D eigenvalue weighted by Crippen LogP contribution is 2.27. The van der Waals surface area contributed by atoms with Crippen LogP contribution in [0.25, 0.3) is 11.3 Å². The smallest absolute Gasteiger partial charge is 0.244 e. The quantitative estimate of drug-likeness (QED) is 0.597. The van der Waals surface area contributed by atoms with Crippen LogP contribution >= 0.6 is 0 Å². The number of aromatic nitrogens is 2. The van der Waals surface area contributed by atoms with Gasteiger partial charge in [-0.05, 0) is 32.3 Å². The lowest BCUT2D eigenvalue weighted by Gasteiger charge is -2.07. The number of nitrogens with zero attached hydrogens (tertiary/aromatic N) is 2. The van der Waals surface area contributed by atoms with Crippen LogP contribution in [-0.4, -0.2) is 24.7 Å². The van der Waals surface area contributed by atoms with E-state index in [1.807, 2.05) is 62.4 Å². The summed E-state index contributed by atoms with van der Waals surface area (Å²) in [6, 6.07) is 19.6. The van der Waals surface area contributed by atoms with Crippen LogP contribution in [0.1, 0.15) is 31.9 Å². The fraction of sp³-hybridized carbons (Fsp3) is 0.286. The van der Waals surface area contributed by atoms with Gasteiger partial charge in [-0.2, -0.15) is 5.10 Å². The third-order valence-electron chi connectivity index (χ3n) is 4.34. The van der Waals surface area contributed by atoms with E-state index in [0.717, 1.165) is 18.4 Å². The maximum absolute atomic E-state index is 12.9. The molecule has 0 fully saturated rings. The number of nitrogens with one attached hydrogen (secondary N) is 1. The van der Waals surface area contributed by atoms with E-state index in [1.54, 1.807) is 10.9 Å². The van der Waals surface area contributed by atoms with Gasteiger partial charge in [-0.3, -0.25) is 4.68 Å². The summed E-state index contributed by atoms with van der Waals surface area (Å²) in [7, 11) is -3.64. The lowest BCUT2D eigenvalue weighted by molar-refractivity contribution is 0.532. The Labute approximate surface area is 161 Å². The Morgan fingerprint density at radius 3 is 2.26 bits per heavy atom. The molecule has 27 heavy (non-hydrogen) atoms. The molecule has 1 aromatic heterocycles. The molecule has 0 spiro atoms. The van der Waals surface area contributed by atoms with E-state index in [2.05, 4.69) is 22.0 Å². The molecule has 0 aliphatic heterocycles. The van der Waals surface area contributed by atoms with Gasteiger partial charge in [-0.1, -0.05) is 60.7 Å². The van der Waals surface area contributed by atoms with E-state index >= 15 is 0 Å². The average Bonchev–Trinajstić information content (AvgIpc) is 3.14. The predicted molar refractivity (Wildman–Crippen MR) is 108 cm³/mol. The first kappa shape index (κ1) is 19.3. The molecule has 0 saturated heterocycles. The third-order valence-corrected chi connectivity index (χ3v) is 5.80. The summed E-state index contributed by atoms with van der Waals surface area (Å²) in [5, 5.41) is 4.52. The second-order valence-electron chi connectivity index (χ2n) is 6.77. The maximum atomic E-state index is 12.9. The molecule has 0 radical (unpaired) electrons. The molecule has 6 heteroatoms. The normalized spacial score (nSPS) is 11.8. The number of sulfonamides is 1. The SMILES string of the molecule is CC(C)n1cc(S(=O)(=O)NCCCc2ccccc2)c(-c2ccccc2)n1. The molecule has 0 aliphatic rings. The van der Waals surface area contributed by atoms with Gasteiger partial charge >= 0.3 is 0 Å². The lowest BCUT2D eigenvalue weighted by Crippen LogP contribution is -2.25. The molecule has 2 aromatic carbocycles. The van der Waals surface area contributed by atoms with Gasteiger partial charge in [-0.25, -0.2) is 13.1 Å². The monoisotopic (exact) mass is 383 g/mol. The molecule has 0 aliphatic carbocycles. The number of hydrogen-bond donors (Lipinski definition) is 1. The highest BCUT2D eigenvalue weighted by molar-refractivity contribution is 7.89. The summed E-state index contributed by atoms with van der Waals surface area (Å²) < 4.78 is 30.2. The van der Waals surface area contributed by atoms with Gasteiger partial charge in [0.25, 0.3) is 0 Å². The van der Waals surface area contributed by atoms with Crippen LogP contribution < -0.4 is 4.72 Å². The predicted octanol–water partition coefficient (Wildman–Crippen LogP) is 4.04. The minimum Gasteiger partial charge on any atom is -0.268 e. The summed E-state index contributed by atoms with van der Waals surface area (Å²) in [6.45, 7) is 4.34. The molecular weight excluding hydrogens is 358 g/mol. The van der Waals surface area contributed by atoms with E-state index in [4.69, 9.17) is 0 Å². The van der Waals surface area contributed by atoms with Crippen molar-refractivity contribution in [2.75, 3.05) is 6.54 Å². The van der Waals surface area contributed by atoms with E-state index in [9.17, 15) is 8.42 Å². The van der Waals surface area contributed by atoms with Crippen LogP contribution in [0, 0.1) is 0 Å². The molecule has 3 aromatic rings. The standard InChI is InChI=1S/C21H25N3O2S/c1-17(2)24-16-20(21(23-24)19-13-7-4-8-14-19)27(25,26)22-15-9-12-18-10-5-3-6-11-18/h3-8,10-11,13-14,16-17,22H,9,12,15H2,1-2H3. The first-order valence-electron chi connectivity index (χ1n) is 9.15. The number of benzene rings is 2. The first-order chi connectivity index (χ1) is 13.0. The van der Waals surface area contributed by atoms with Crippen molar-refractivity contribution in [3.63, 3.8) is 0 Å². The minimum atomic E-state index is -3.64. The van der Waals surface area contributed by atoms with Gasteiger partial charge in [0.2, 0.25) is 10.0 Å². The van der Waals surface area contributed by atoms with Crippen LogP contribution in [0.4, 0.5) is 0 Å². The Balaban J connectivity index is 1.77. The molecule has 0 atom stereocenters. The zero-order chi connectivity index (χ0) is 19.3. The highest BCUT2D eigenvalue weighted by Gasteiger charge is 2.23. The van der Waals surface area contributed by atoms with Crippen molar-refractivity contribution >= 4 is 10.0 Å². The van der Waals surface area contributed by atoms with Gasteiger partial charge in [0.15, 0.2) is 0 Å². The van der Waals surface area contributed by atoms with E-state index in [-0.39, 0.29) is 10.9 Å². The third kappa shape index (κ3) is 4.84. The zero-order valence-electron chi connectivity index (χ0n) is 15.7. The minimum absolute atomic E-state index is 0.0782. The van der Waals surface area contributed by atoms with Gasteiger partial charge in [0.05, 0.1) is 0 Å². The number of aryl methyl sites for hydroxylation is 1. The van der Waals surface area contributed by atoms with Gasteiger partial charge in [0, 0.05) is 24.3 Å². The molecule has 5 nitrogen and oxygen atoms in total. The molecular formula is C21H25N3O2S. The molecule has 1 heterocycles. The summed E-state index contributed by atoms with van der Waals surface area (Å²) in [5.74, 6) is 0. The molecule has 0 saturated carbocycles. The Hall–Kier alpha value is -2.44. The van der Waals surface area contributed by atoms with E-state index in [1.165, 1.54) is 5.56 Å². The van der Waals surface area contributed by atoms with Crippen molar-refractivity contribution in [2.24, 2.45) is 0 Å². The summed E-state index contributed by atoms with van der Waals surface area (Å²) in [6.07, 6.45) is 3.19. The Morgan fingerprint density at radius 1 is 1.00 bits per heavy atom. The zero-order valence-corrected chi connectivity index (χ0v) is 16.5. The van der Waals surface area contributed by atoms with Crippen molar-refractivity contribution < 1.29 is 8.42 Å². The fourth-order valence-electron chi connectivity index (χ4n) is 2.85. The van der Waals surface area contributed by atoms with Crippen LogP contribution in [-0.2, 0) is 16.4 Å². The Kier molecular flexibility index (Phi) is 6.08. The average molecular weight is 384 g/mol. The Morgan fingerprint density at radius 2 is 1.63 bits per heavy atom. The number of hydrogen-bond acceptors (Lipinski definition) is 3. The Bertz CT molecular complexity index is 965. The van der Waals surface area contributed by atoms with Crippen molar-refractivity contribution in [1.29, 1.82) is 0 Å². The first-order valence-corrected chi connectivity index (χ1v) is 10.6. The van der Waals surface area contributed by atoms with Crippen molar-refractivity contribution in [1.82, 2.24) is 14.5 Å². The summed E-state index contributed by atoms with van der Waals surface area (Å²) >= 11 is 0. The second kappa shape index (κ2) is 8.50. The lowest BCUT2D eigenvalue weighted by atomic mass is 10.1. The van der Waals surface area contributed by atoms with Crippen LogP contribution in [0.3, 0.4) is 0 Å². The topological polar surface area (TPSA) is 64.0 Å². The summed E-state index contributed by atoms with van der Waals surface area (Å²) in [4.78, 5) is 0.224.